The van der Waals surface area contributed by atoms with Crippen LogP contribution < -0.4 is 5.32 Å². The van der Waals surface area contributed by atoms with Crippen LogP contribution in [0.1, 0.15) is 5.56 Å². The second kappa shape index (κ2) is 6.15. The normalized spacial score (nSPS) is 10.8. The van der Waals surface area contributed by atoms with Crippen molar-refractivity contribution in [2.75, 3.05) is 5.32 Å². The molecule has 0 atom stereocenters. The fraction of sp³-hybridized carbons (Fsp3) is 0.0588. The highest BCUT2D eigenvalue weighted by molar-refractivity contribution is 6.41. The first-order valence-electron chi connectivity index (χ1n) is 6.50. The zero-order chi connectivity index (χ0) is 14.8. The van der Waals surface area contributed by atoms with Gasteiger partial charge in [0.05, 0.1) is 15.7 Å². The molecule has 3 rings (SSSR count). The maximum atomic E-state index is 6.19. The number of anilines is 1. The lowest BCUT2D eigenvalue weighted by Crippen LogP contribution is -2.01. The molecule has 3 aromatic rings. The third-order valence-corrected chi connectivity index (χ3v) is 4.16. The van der Waals surface area contributed by atoms with Crippen LogP contribution in [-0.4, -0.2) is 0 Å². The van der Waals surface area contributed by atoms with Gasteiger partial charge in [0.25, 0.3) is 0 Å². The number of fused-ring (bicyclic) bond motifs is 1. The van der Waals surface area contributed by atoms with Crippen molar-refractivity contribution >= 4 is 51.3 Å². The Hall–Kier alpha value is -1.41. The Kier molecular flexibility index (Phi) is 4.25. The van der Waals surface area contributed by atoms with Crippen LogP contribution in [0.15, 0.2) is 54.6 Å². The monoisotopic (exact) mass is 335 g/mol. The van der Waals surface area contributed by atoms with E-state index in [0.717, 1.165) is 0 Å². The fourth-order valence-electron chi connectivity index (χ4n) is 2.34. The summed E-state index contributed by atoms with van der Waals surface area (Å²) in [6, 6.07) is 17.9. The number of hydrogen-bond donors (Lipinski definition) is 1. The van der Waals surface area contributed by atoms with Crippen molar-refractivity contribution in [2.24, 2.45) is 0 Å². The summed E-state index contributed by atoms with van der Waals surface area (Å²) in [5.74, 6) is 0. The smallest absolute Gasteiger partial charge is 0.0722 e. The Labute approximate surface area is 138 Å². The molecule has 0 aliphatic rings. The summed E-state index contributed by atoms with van der Waals surface area (Å²) in [6.45, 7) is 0.641. The molecular formula is C17H12Cl3N. The molecule has 0 spiro atoms. The van der Waals surface area contributed by atoms with Crippen molar-refractivity contribution < 1.29 is 0 Å². The Morgan fingerprint density at radius 3 is 2.24 bits per heavy atom. The van der Waals surface area contributed by atoms with Crippen molar-refractivity contribution in [3.63, 3.8) is 0 Å². The first kappa shape index (κ1) is 14.5. The van der Waals surface area contributed by atoms with Crippen molar-refractivity contribution in [2.45, 2.75) is 6.54 Å². The van der Waals surface area contributed by atoms with Gasteiger partial charge in [-0.25, -0.2) is 0 Å². The Balaban J connectivity index is 1.91. The number of nitrogens with one attached hydrogen (secondary N) is 1. The Morgan fingerprint density at radius 2 is 1.48 bits per heavy atom. The SMILES string of the molecule is Clc1cc(Cl)c(NCc2cccc3ccccc23)c(Cl)c1. The molecule has 0 bridgehead atoms. The largest absolute Gasteiger partial charge is 0.379 e. The highest BCUT2D eigenvalue weighted by atomic mass is 35.5. The maximum Gasteiger partial charge on any atom is 0.0722 e. The van der Waals surface area contributed by atoms with Gasteiger partial charge in [-0.15, -0.1) is 0 Å². The molecule has 1 N–H and O–H groups in total. The average molecular weight is 337 g/mol. The molecule has 0 amide bonds. The standard InChI is InChI=1S/C17H12Cl3N/c18-13-8-15(19)17(16(20)9-13)21-10-12-6-3-5-11-4-1-2-7-14(11)12/h1-9,21H,10H2. The molecule has 0 heterocycles. The van der Waals surface area contributed by atoms with E-state index in [1.807, 2.05) is 18.2 Å². The molecule has 0 aliphatic heterocycles. The fourth-order valence-corrected chi connectivity index (χ4v) is 3.29. The minimum atomic E-state index is 0.521. The van der Waals surface area contributed by atoms with Crippen LogP contribution in [0.2, 0.25) is 15.1 Å². The predicted octanol–water partition coefficient (Wildman–Crippen LogP) is 6.41. The van der Waals surface area contributed by atoms with Crippen molar-refractivity contribution in [3.05, 3.63) is 75.2 Å². The van der Waals surface area contributed by atoms with Gasteiger partial charge in [0.15, 0.2) is 0 Å². The van der Waals surface area contributed by atoms with Gasteiger partial charge in [0, 0.05) is 11.6 Å². The summed E-state index contributed by atoms with van der Waals surface area (Å²) in [5.41, 5.74) is 1.89. The number of benzene rings is 3. The molecule has 0 aliphatic carbocycles. The highest BCUT2D eigenvalue weighted by Gasteiger charge is 2.08. The molecule has 21 heavy (non-hydrogen) atoms. The molecule has 0 saturated heterocycles. The third kappa shape index (κ3) is 3.11. The van der Waals surface area contributed by atoms with Crippen LogP contribution >= 0.6 is 34.8 Å². The lowest BCUT2D eigenvalue weighted by atomic mass is 10.0. The summed E-state index contributed by atoms with van der Waals surface area (Å²) in [6.07, 6.45) is 0. The van der Waals surface area contributed by atoms with Crippen LogP contribution in [-0.2, 0) is 6.54 Å². The van der Waals surface area contributed by atoms with E-state index in [0.29, 0.717) is 27.3 Å². The van der Waals surface area contributed by atoms with Gasteiger partial charge < -0.3 is 5.32 Å². The lowest BCUT2D eigenvalue weighted by Gasteiger charge is -2.12. The topological polar surface area (TPSA) is 12.0 Å². The molecule has 106 valence electrons. The van der Waals surface area contributed by atoms with Gasteiger partial charge in [0.2, 0.25) is 0 Å². The van der Waals surface area contributed by atoms with Gasteiger partial charge in [-0.05, 0) is 28.5 Å². The zero-order valence-corrected chi connectivity index (χ0v) is 13.3. The molecule has 0 aromatic heterocycles. The zero-order valence-electron chi connectivity index (χ0n) is 11.0. The minimum Gasteiger partial charge on any atom is -0.379 e. The van der Waals surface area contributed by atoms with Gasteiger partial charge in [-0.3, -0.25) is 0 Å². The molecule has 0 saturated carbocycles. The summed E-state index contributed by atoms with van der Waals surface area (Å²) in [4.78, 5) is 0. The highest BCUT2D eigenvalue weighted by Crippen LogP contribution is 2.34. The quantitative estimate of drug-likeness (QED) is 0.582. The molecule has 0 fully saturated rings. The van der Waals surface area contributed by atoms with Gasteiger partial charge in [0.1, 0.15) is 0 Å². The average Bonchev–Trinajstić information content (AvgIpc) is 2.46. The summed E-state index contributed by atoms with van der Waals surface area (Å²) >= 11 is 18.3. The molecule has 0 unspecified atom stereocenters. The van der Waals surface area contributed by atoms with Crippen molar-refractivity contribution in [1.82, 2.24) is 0 Å². The number of rotatable bonds is 3. The van der Waals surface area contributed by atoms with E-state index in [2.05, 4.69) is 29.6 Å². The van der Waals surface area contributed by atoms with E-state index in [9.17, 15) is 0 Å². The Bertz CT molecular complexity index is 771. The molecule has 4 heteroatoms. The lowest BCUT2D eigenvalue weighted by molar-refractivity contribution is 1.17. The van der Waals surface area contributed by atoms with Gasteiger partial charge in [-0.2, -0.15) is 0 Å². The van der Waals surface area contributed by atoms with E-state index >= 15 is 0 Å². The van der Waals surface area contributed by atoms with Crippen LogP contribution in [0.3, 0.4) is 0 Å². The van der Waals surface area contributed by atoms with Gasteiger partial charge in [-0.1, -0.05) is 77.3 Å². The first-order valence-corrected chi connectivity index (χ1v) is 7.63. The van der Waals surface area contributed by atoms with Crippen molar-refractivity contribution in [3.8, 4) is 0 Å². The second-order valence-electron chi connectivity index (χ2n) is 4.74. The molecule has 3 aromatic carbocycles. The van der Waals surface area contributed by atoms with E-state index in [4.69, 9.17) is 34.8 Å². The van der Waals surface area contributed by atoms with Gasteiger partial charge >= 0.3 is 0 Å². The maximum absolute atomic E-state index is 6.19. The van der Waals surface area contributed by atoms with Crippen LogP contribution in [0.25, 0.3) is 10.8 Å². The predicted molar refractivity (Wildman–Crippen MR) is 92.7 cm³/mol. The number of hydrogen-bond acceptors (Lipinski definition) is 1. The first-order chi connectivity index (χ1) is 10.1. The second-order valence-corrected chi connectivity index (χ2v) is 5.99. The number of halogens is 3. The Morgan fingerprint density at radius 1 is 0.810 bits per heavy atom. The third-order valence-electron chi connectivity index (χ3n) is 3.34. The minimum absolute atomic E-state index is 0.521. The molecule has 0 radical (unpaired) electrons. The molecule has 1 nitrogen and oxygen atoms in total. The summed E-state index contributed by atoms with van der Waals surface area (Å²) in [7, 11) is 0. The van der Waals surface area contributed by atoms with Crippen LogP contribution in [0, 0.1) is 0 Å². The summed E-state index contributed by atoms with van der Waals surface area (Å²) in [5, 5.41) is 7.29. The van der Waals surface area contributed by atoms with E-state index in [-0.39, 0.29) is 0 Å². The molecular weight excluding hydrogens is 325 g/mol. The van der Waals surface area contributed by atoms with E-state index < -0.39 is 0 Å². The van der Waals surface area contributed by atoms with Crippen LogP contribution in [0.4, 0.5) is 5.69 Å². The van der Waals surface area contributed by atoms with E-state index in [1.165, 1.54) is 16.3 Å². The van der Waals surface area contributed by atoms with Crippen LogP contribution in [0.5, 0.6) is 0 Å². The summed E-state index contributed by atoms with van der Waals surface area (Å²) < 4.78 is 0. The van der Waals surface area contributed by atoms with Crippen molar-refractivity contribution in [1.29, 1.82) is 0 Å². The van der Waals surface area contributed by atoms with E-state index in [1.54, 1.807) is 12.1 Å².